The minimum atomic E-state index is 0.895. The number of hydrogen-bond donors (Lipinski definition) is 1. The first-order chi connectivity index (χ1) is 9.70. The van der Waals surface area contributed by atoms with Crippen molar-refractivity contribution in [1.29, 1.82) is 0 Å². The van der Waals surface area contributed by atoms with Gasteiger partial charge in [-0.15, -0.1) is 11.3 Å². The third-order valence-electron chi connectivity index (χ3n) is 2.94. The van der Waals surface area contributed by atoms with Crippen molar-refractivity contribution in [3.63, 3.8) is 0 Å². The normalized spacial score (nSPS) is 10.5. The van der Waals surface area contributed by atoms with Crippen molar-refractivity contribution in [1.82, 2.24) is 9.97 Å². The van der Waals surface area contributed by atoms with Crippen LogP contribution in [0.3, 0.4) is 0 Å². The summed E-state index contributed by atoms with van der Waals surface area (Å²) < 4.78 is 0. The maximum absolute atomic E-state index is 4.61. The van der Waals surface area contributed by atoms with Crippen LogP contribution in [0.2, 0.25) is 0 Å². The highest BCUT2D eigenvalue weighted by molar-refractivity contribution is 7.14. The smallest absolute Gasteiger partial charge is 0.187 e. The number of benzene rings is 1. The first-order valence-corrected chi connectivity index (χ1v) is 7.30. The van der Waals surface area contributed by atoms with Crippen LogP contribution in [-0.2, 0) is 0 Å². The van der Waals surface area contributed by atoms with Gasteiger partial charge in [0.05, 0.1) is 5.69 Å². The first kappa shape index (κ1) is 12.8. The second-order valence-corrected chi connectivity index (χ2v) is 5.64. The largest absolute Gasteiger partial charge is 0.332 e. The Hall–Kier alpha value is -2.20. The lowest BCUT2D eigenvalue weighted by atomic mass is 10.2. The van der Waals surface area contributed by atoms with Gasteiger partial charge in [-0.3, -0.25) is 4.98 Å². The van der Waals surface area contributed by atoms with E-state index >= 15 is 0 Å². The van der Waals surface area contributed by atoms with Crippen LogP contribution in [0.1, 0.15) is 11.1 Å². The fourth-order valence-corrected chi connectivity index (χ4v) is 2.74. The number of hydrogen-bond acceptors (Lipinski definition) is 4. The molecular formula is C16H15N3S. The maximum Gasteiger partial charge on any atom is 0.187 e. The van der Waals surface area contributed by atoms with Crippen molar-refractivity contribution in [2.24, 2.45) is 0 Å². The standard InChI is InChI=1S/C16H15N3S/c1-11-4-3-5-14(7-11)18-16-19-15(10-20-16)13-6-12(2)8-17-9-13/h3-10H,1-2H3,(H,18,19). The number of anilines is 2. The topological polar surface area (TPSA) is 37.8 Å². The van der Waals surface area contributed by atoms with E-state index in [2.05, 4.69) is 45.8 Å². The number of nitrogens with zero attached hydrogens (tertiary/aromatic N) is 2. The summed E-state index contributed by atoms with van der Waals surface area (Å²) in [7, 11) is 0. The highest BCUT2D eigenvalue weighted by Gasteiger charge is 2.05. The van der Waals surface area contributed by atoms with Crippen LogP contribution in [0.25, 0.3) is 11.3 Å². The Morgan fingerprint density at radius 1 is 1.05 bits per heavy atom. The quantitative estimate of drug-likeness (QED) is 0.764. The van der Waals surface area contributed by atoms with E-state index in [-0.39, 0.29) is 0 Å². The lowest BCUT2D eigenvalue weighted by Crippen LogP contribution is -1.90. The lowest BCUT2D eigenvalue weighted by Gasteiger charge is -2.03. The van der Waals surface area contributed by atoms with E-state index in [1.165, 1.54) is 5.56 Å². The molecule has 2 heterocycles. The average Bonchev–Trinajstić information content (AvgIpc) is 2.87. The van der Waals surface area contributed by atoms with Gasteiger partial charge in [0.1, 0.15) is 0 Å². The molecule has 4 heteroatoms. The van der Waals surface area contributed by atoms with Gasteiger partial charge >= 0.3 is 0 Å². The summed E-state index contributed by atoms with van der Waals surface area (Å²) >= 11 is 1.60. The van der Waals surface area contributed by atoms with Crippen LogP contribution >= 0.6 is 11.3 Å². The molecule has 20 heavy (non-hydrogen) atoms. The molecule has 0 amide bonds. The Labute approximate surface area is 122 Å². The number of aryl methyl sites for hydroxylation is 2. The molecule has 0 saturated carbocycles. The maximum atomic E-state index is 4.61. The van der Waals surface area contributed by atoms with Gasteiger partial charge < -0.3 is 5.32 Å². The van der Waals surface area contributed by atoms with Gasteiger partial charge in [0.15, 0.2) is 5.13 Å². The van der Waals surface area contributed by atoms with E-state index < -0.39 is 0 Å². The summed E-state index contributed by atoms with van der Waals surface area (Å²) in [5.41, 5.74) is 5.45. The minimum Gasteiger partial charge on any atom is -0.332 e. The molecule has 0 aliphatic rings. The van der Waals surface area contributed by atoms with E-state index in [1.54, 1.807) is 11.3 Å². The van der Waals surface area contributed by atoms with Crippen LogP contribution in [0.4, 0.5) is 10.8 Å². The first-order valence-electron chi connectivity index (χ1n) is 6.42. The molecule has 3 rings (SSSR count). The van der Waals surface area contributed by atoms with Gasteiger partial charge in [0.25, 0.3) is 0 Å². The van der Waals surface area contributed by atoms with Crippen molar-refractivity contribution >= 4 is 22.2 Å². The fraction of sp³-hybridized carbons (Fsp3) is 0.125. The van der Waals surface area contributed by atoms with Crippen molar-refractivity contribution < 1.29 is 0 Å². The number of aromatic nitrogens is 2. The predicted molar refractivity (Wildman–Crippen MR) is 84.5 cm³/mol. The SMILES string of the molecule is Cc1cccc(Nc2nc(-c3cncc(C)c3)cs2)c1. The number of thiazole rings is 1. The van der Waals surface area contributed by atoms with Gasteiger partial charge in [0, 0.05) is 29.0 Å². The van der Waals surface area contributed by atoms with Crippen LogP contribution < -0.4 is 5.32 Å². The number of pyridine rings is 1. The number of nitrogens with one attached hydrogen (secondary N) is 1. The Morgan fingerprint density at radius 3 is 2.75 bits per heavy atom. The second kappa shape index (κ2) is 5.43. The third kappa shape index (κ3) is 2.86. The predicted octanol–water partition coefficient (Wildman–Crippen LogP) is 4.57. The third-order valence-corrected chi connectivity index (χ3v) is 3.70. The zero-order chi connectivity index (χ0) is 13.9. The molecule has 0 atom stereocenters. The molecular weight excluding hydrogens is 266 g/mol. The van der Waals surface area contributed by atoms with Gasteiger partial charge in [-0.05, 0) is 43.2 Å². The van der Waals surface area contributed by atoms with Crippen LogP contribution in [0.15, 0.2) is 48.1 Å². The average molecular weight is 281 g/mol. The van der Waals surface area contributed by atoms with E-state index in [1.807, 2.05) is 31.5 Å². The molecule has 3 nitrogen and oxygen atoms in total. The Balaban J connectivity index is 1.84. The molecule has 0 saturated heterocycles. The molecule has 0 bridgehead atoms. The molecule has 3 aromatic rings. The molecule has 1 N–H and O–H groups in total. The highest BCUT2D eigenvalue weighted by Crippen LogP contribution is 2.27. The lowest BCUT2D eigenvalue weighted by molar-refractivity contribution is 1.26. The Morgan fingerprint density at radius 2 is 1.95 bits per heavy atom. The summed E-state index contributed by atoms with van der Waals surface area (Å²) in [6, 6.07) is 10.4. The molecule has 100 valence electrons. The Bertz CT molecular complexity index is 734. The molecule has 0 unspecified atom stereocenters. The summed E-state index contributed by atoms with van der Waals surface area (Å²) in [5.74, 6) is 0. The molecule has 1 aromatic carbocycles. The van der Waals surface area contributed by atoms with Crippen LogP contribution in [-0.4, -0.2) is 9.97 Å². The summed E-state index contributed by atoms with van der Waals surface area (Å²) in [5, 5.41) is 6.28. The van der Waals surface area contributed by atoms with Gasteiger partial charge in [-0.1, -0.05) is 12.1 Å². The molecule has 0 radical (unpaired) electrons. The Kier molecular flexibility index (Phi) is 3.48. The highest BCUT2D eigenvalue weighted by atomic mass is 32.1. The number of rotatable bonds is 3. The summed E-state index contributed by atoms with van der Waals surface area (Å²) in [6.07, 6.45) is 3.69. The van der Waals surface area contributed by atoms with Crippen LogP contribution in [0, 0.1) is 13.8 Å². The molecule has 0 aliphatic carbocycles. The summed E-state index contributed by atoms with van der Waals surface area (Å²) in [6.45, 7) is 4.12. The molecule has 0 fully saturated rings. The van der Waals surface area contributed by atoms with Crippen LogP contribution in [0.5, 0.6) is 0 Å². The van der Waals surface area contributed by atoms with Gasteiger partial charge in [-0.2, -0.15) is 0 Å². The van der Waals surface area contributed by atoms with Crippen molar-refractivity contribution in [2.75, 3.05) is 5.32 Å². The monoisotopic (exact) mass is 281 g/mol. The minimum absolute atomic E-state index is 0.895. The second-order valence-electron chi connectivity index (χ2n) is 4.78. The van der Waals surface area contributed by atoms with E-state index in [4.69, 9.17) is 0 Å². The van der Waals surface area contributed by atoms with Gasteiger partial charge in [-0.25, -0.2) is 4.98 Å². The molecule has 2 aromatic heterocycles. The summed E-state index contributed by atoms with van der Waals surface area (Å²) in [4.78, 5) is 8.82. The molecule has 0 aliphatic heterocycles. The van der Waals surface area contributed by atoms with E-state index in [0.717, 1.165) is 27.6 Å². The zero-order valence-electron chi connectivity index (χ0n) is 11.4. The van der Waals surface area contributed by atoms with E-state index in [0.29, 0.717) is 0 Å². The van der Waals surface area contributed by atoms with Gasteiger partial charge in [0.2, 0.25) is 0 Å². The van der Waals surface area contributed by atoms with Crippen molar-refractivity contribution in [3.8, 4) is 11.3 Å². The van der Waals surface area contributed by atoms with Crippen molar-refractivity contribution in [2.45, 2.75) is 13.8 Å². The zero-order valence-corrected chi connectivity index (χ0v) is 12.2. The van der Waals surface area contributed by atoms with E-state index in [9.17, 15) is 0 Å². The van der Waals surface area contributed by atoms with Crippen molar-refractivity contribution in [3.05, 3.63) is 59.2 Å². The molecule has 0 spiro atoms. The fourth-order valence-electron chi connectivity index (χ4n) is 2.01.